The average Bonchev–Trinajstić information content (AvgIpc) is 2.72. The van der Waals surface area contributed by atoms with Crippen molar-refractivity contribution in [2.45, 2.75) is 25.1 Å². The van der Waals surface area contributed by atoms with Crippen molar-refractivity contribution >= 4 is 24.0 Å². The van der Waals surface area contributed by atoms with Crippen molar-refractivity contribution in [2.24, 2.45) is 5.92 Å². The topological polar surface area (TPSA) is 93.2 Å². The van der Waals surface area contributed by atoms with Crippen LogP contribution in [0, 0.1) is 5.92 Å². The fourth-order valence-electron chi connectivity index (χ4n) is 2.46. The Morgan fingerprint density at radius 2 is 1.88 bits per heavy atom. The monoisotopic (exact) mass is 364 g/mol. The highest BCUT2D eigenvalue weighted by Gasteiger charge is 2.50. The number of rotatable bonds is 6. The summed E-state index contributed by atoms with van der Waals surface area (Å²) in [7, 11) is 0. The predicted molar refractivity (Wildman–Crippen MR) is 73.2 cm³/mol. The van der Waals surface area contributed by atoms with Crippen molar-refractivity contribution in [3.8, 4) is 0 Å². The molecule has 0 aromatic rings. The van der Waals surface area contributed by atoms with Crippen molar-refractivity contribution in [1.29, 1.82) is 0 Å². The summed E-state index contributed by atoms with van der Waals surface area (Å²) >= 11 is 0. The van der Waals surface area contributed by atoms with Gasteiger partial charge < -0.3 is 14.4 Å². The number of hydrogen-bond acceptors (Lipinski definition) is 6. The van der Waals surface area contributed by atoms with Gasteiger partial charge in [-0.3, -0.25) is 19.2 Å². The maximum absolute atomic E-state index is 13.5. The molecule has 2 heterocycles. The second-order valence-corrected chi connectivity index (χ2v) is 5.37. The van der Waals surface area contributed by atoms with Gasteiger partial charge in [-0.15, -0.1) is 0 Å². The van der Waals surface area contributed by atoms with Crippen LogP contribution in [-0.4, -0.2) is 66.1 Å². The standard InChI is InChI=1S/C14H15F3N2O6/c15-14(16,17)13(18-8-24-5-1-2-10(18)21)9(6-20)7-25-19-11(22)3-4-12(19)23/h1-2,6,9,13H,3-5,7-8H2. The third kappa shape index (κ3) is 4.42. The largest absolute Gasteiger partial charge is 0.409 e. The smallest absolute Gasteiger partial charge is 0.357 e. The SMILES string of the molecule is O=CC(CON1C(=O)CCC1=O)C(N1COCC=CC1=O)C(F)(F)F. The molecule has 0 aromatic carbocycles. The van der Waals surface area contributed by atoms with E-state index in [9.17, 15) is 32.3 Å². The first-order valence-corrected chi connectivity index (χ1v) is 7.31. The summed E-state index contributed by atoms with van der Waals surface area (Å²) in [5, 5.41) is 0.352. The molecule has 11 heteroatoms. The molecule has 8 nitrogen and oxygen atoms in total. The molecule has 2 aliphatic rings. The van der Waals surface area contributed by atoms with E-state index in [0.717, 1.165) is 6.08 Å². The van der Waals surface area contributed by atoms with Crippen LogP contribution in [0.15, 0.2) is 12.2 Å². The average molecular weight is 364 g/mol. The first-order valence-electron chi connectivity index (χ1n) is 7.31. The van der Waals surface area contributed by atoms with Gasteiger partial charge in [-0.1, -0.05) is 6.08 Å². The van der Waals surface area contributed by atoms with Gasteiger partial charge in [0.15, 0.2) is 0 Å². The summed E-state index contributed by atoms with van der Waals surface area (Å²) in [5.74, 6) is -4.22. The van der Waals surface area contributed by atoms with Crippen LogP contribution in [0.3, 0.4) is 0 Å². The number of amides is 3. The van der Waals surface area contributed by atoms with E-state index in [-0.39, 0.29) is 25.7 Å². The zero-order valence-electron chi connectivity index (χ0n) is 12.9. The fraction of sp³-hybridized carbons (Fsp3) is 0.571. The summed E-state index contributed by atoms with van der Waals surface area (Å²) in [6, 6.07) is -2.52. The van der Waals surface area contributed by atoms with E-state index in [2.05, 4.69) is 0 Å². The summed E-state index contributed by atoms with van der Waals surface area (Å²) in [6.45, 7) is -1.60. The molecule has 2 rings (SSSR count). The number of carbonyl (C=O) groups is 4. The van der Waals surface area contributed by atoms with Crippen molar-refractivity contribution in [3.05, 3.63) is 12.2 Å². The number of alkyl halides is 3. The van der Waals surface area contributed by atoms with Gasteiger partial charge in [-0.25, -0.2) is 0 Å². The summed E-state index contributed by atoms with van der Waals surface area (Å²) in [4.78, 5) is 51.1. The molecule has 2 unspecified atom stereocenters. The van der Waals surface area contributed by atoms with E-state index in [0.29, 0.717) is 9.96 Å². The lowest BCUT2D eigenvalue weighted by Gasteiger charge is -2.34. The lowest BCUT2D eigenvalue weighted by Crippen LogP contribution is -2.55. The lowest BCUT2D eigenvalue weighted by atomic mass is 10.00. The Balaban J connectivity index is 2.17. The third-order valence-electron chi connectivity index (χ3n) is 3.64. The molecule has 0 spiro atoms. The van der Waals surface area contributed by atoms with Crippen molar-refractivity contribution in [3.63, 3.8) is 0 Å². The Hall–Kier alpha value is -2.27. The minimum Gasteiger partial charge on any atom is -0.357 e. The molecule has 3 amide bonds. The number of hydroxylamine groups is 2. The molecule has 138 valence electrons. The molecular formula is C14H15F3N2O6. The van der Waals surface area contributed by atoms with E-state index in [1.807, 2.05) is 0 Å². The van der Waals surface area contributed by atoms with Crippen molar-refractivity contribution in [1.82, 2.24) is 9.96 Å². The van der Waals surface area contributed by atoms with Crippen LogP contribution in [0.4, 0.5) is 13.2 Å². The molecule has 25 heavy (non-hydrogen) atoms. The lowest BCUT2D eigenvalue weighted by molar-refractivity contribution is -0.222. The molecular weight excluding hydrogens is 349 g/mol. The molecule has 0 bridgehead atoms. The second-order valence-electron chi connectivity index (χ2n) is 5.37. The summed E-state index contributed by atoms with van der Waals surface area (Å²) < 4.78 is 45.3. The van der Waals surface area contributed by atoms with E-state index in [1.54, 1.807) is 0 Å². The Bertz CT molecular complexity index is 576. The normalized spacial score (nSPS) is 21.5. The quantitative estimate of drug-likeness (QED) is 0.493. The minimum absolute atomic E-state index is 0.0228. The number of halogens is 3. The molecule has 1 saturated heterocycles. The van der Waals surface area contributed by atoms with Crippen LogP contribution < -0.4 is 0 Å². The molecule has 0 aromatic heterocycles. The van der Waals surface area contributed by atoms with Gasteiger partial charge in [0.1, 0.15) is 19.1 Å². The van der Waals surface area contributed by atoms with Gasteiger partial charge in [0.2, 0.25) is 5.91 Å². The van der Waals surface area contributed by atoms with Gasteiger partial charge in [-0.05, 0) is 0 Å². The number of imide groups is 1. The van der Waals surface area contributed by atoms with Crippen LogP contribution in [0.1, 0.15) is 12.8 Å². The van der Waals surface area contributed by atoms with Gasteiger partial charge in [0.25, 0.3) is 11.8 Å². The van der Waals surface area contributed by atoms with Crippen LogP contribution in [0.25, 0.3) is 0 Å². The van der Waals surface area contributed by atoms with Crippen molar-refractivity contribution in [2.75, 3.05) is 19.9 Å². The van der Waals surface area contributed by atoms with Gasteiger partial charge in [-0.2, -0.15) is 18.2 Å². The predicted octanol–water partition coefficient (Wildman–Crippen LogP) is 0.185. The molecule has 0 saturated carbocycles. The van der Waals surface area contributed by atoms with E-state index in [1.165, 1.54) is 6.08 Å². The Morgan fingerprint density at radius 1 is 1.24 bits per heavy atom. The van der Waals surface area contributed by atoms with E-state index in [4.69, 9.17) is 9.57 Å². The zero-order valence-corrected chi connectivity index (χ0v) is 12.9. The Morgan fingerprint density at radius 3 is 2.44 bits per heavy atom. The highest BCUT2D eigenvalue weighted by molar-refractivity contribution is 6.00. The van der Waals surface area contributed by atoms with E-state index < -0.39 is 49.2 Å². The van der Waals surface area contributed by atoms with Gasteiger partial charge in [0.05, 0.1) is 19.1 Å². The molecule has 2 aliphatic heterocycles. The second kappa shape index (κ2) is 7.74. The van der Waals surface area contributed by atoms with Crippen LogP contribution in [0.5, 0.6) is 0 Å². The molecule has 2 atom stereocenters. The first-order chi connectivity index (χ1) is 11.8. The van der Waals surface area contributed by atoms with Crippen LogP contribution in [-0.2, 0) is 28.8 Å². The fourth-order valence-corrected chi connectivity index (χ4v) is 2.46. The number of carbonyl (C=O) groups excluding carboxylic acids is 4. The van der Waals surface area contributed by atoms with E-state index >= 15 is 0 Å². The number of ether oxygens (including phenoxy) is 1. The first kappa shape index (κ1) is 19.1. The molecule has 1 fully saturated rings. The molecule has 0 radical (unpaired) electrons. The Labute approximate surface area is 140 Å². The Kier molecular flexibility index (Phi) is 5.90. The highest BCUT2D eigenvalue weighted by Crippen LogP contribution is 2.31. The summed E-state index contributed by atoms with van der Waals surface area (Å²) in [6.07, 6.45) is -3.03. The summed E-state index contributed by atoms with van der Waals surface area (Å²) in [5.41, 5.74) is 0. The number of aldehydes is 1. The van der Waals surface area contributed by atoms with Crippen LogP contribution in [0.2, 0.25) is 0 Å². The maximum Gasteiger partial charge on any atom is 0.409 e. The van der Waals surface area contributed by atoms with Gasteiger partial charge in [0, 0.05) is 18.9 Å². The number of nitrogens with zero attached hydrogens (tertiary/aromatic N) is 2. The zero-order chi connectivity index (χ0) is 18.6. The molecule has 0 aliphatic carbocycles. The number of hydrogen-bond donors (Lipinski definition) is 0. The maximum atomic E-state index is 13.5. The minimum atomic E-state index is -4.95. The molecule has 0 N–H and O–H groups in total. The van der Waals surface area contributed by atoms with Gasteiger partial charge >= 0.3 is 6.18 Å². The highest BCUT2D eigenvalue weighted by atomic mass is 19.4. The third-order valence-corrected chi connectivity index (χ3v) is 3.64. The van der Waals surface area contributed by atoms with Crippen molar-refractivity contribution < 1.29 is 41.9 Å². The van der Waals surface area contributed by atoms with Crippen LogP contribution >= 0.6 is 0 Å².